The van der Waals surface area contributed by atoms with Gasteiger partial charge in [0.2, 0.25) is 0 Å². The Balaban J connectivity index is 3.04. The fraction of sp³-hybridized carbons (Fsp3) is 0.333. The summed E-state index contributed by atoms with van der Waals surface area (Å²) in [6, 6.07) is 2.72. The van der Waals surface area contributed by atoms with Crippen molar-refractivity contribution in [1.29, 1.82) is 0 Å². The number of alkyl halides is 6. The van der Waals surface area contributed by atoms with Crippen LogP contribution in [0.25, 0.3) is 0 Å². The molecule has 0 saturated heterocycles. The molecule has 17 heavy (non-hydrogen) atoms. The summed E-state index contributed by atoms with van der Waals surface area (Å²) >= 11 is 0. The van der Waals surface area contributed by atoms with Gasteiger partial charge in [-0.3, -0.25) is 0 Å². The predicted octanol–water partition coefficient (Wildman–Crippen LogP) is 3.79. The van der Waals surface area contributed by atoms with Crippen LogP contribution in [-0.4, -0.2) is 12.7 Å². The van der Waals surface area contributed by atoms with E-state index in [-0.39, 0.29) is 0 Å². The van der Waals surface area contributed by atoms with E-state index in [2.05, 4.69) is 9.47 Å². The Bertz CT molecular complexity index is 395. The minimum absolute atomic E-state index is 0.304. The number of hydrogen-bond acceptors (Lipinski definition) is 2. The van der Waals surface area contributed by atoms with Crippen molar-refractivity contribution in [3.8, 4) is 11.5 Å². The van der Waals surface area contributed by atoms with Crippen molar-refractivity contribution in [2.75, 3.05) is 0 Å². The highest BCUT2D eigenvalue weighted by Gasteiger charge is 2.36. The van der Waals surface area contributed by atoms with Crippen LogP contribution in [0, 0.1) is 6.92 Å². The number of ether oxygens (including phenoxy) is 2. The van der Waals surface area contributed by atoms with Gasteiger partial charge in [0, 0.05) is 0 Å². The Morgan fingerprint density at radius 1 is 0.824 bits per heavy atom. The van der Waals surface area contributed by atoms with Gasteiger partial charge in [-0.2, -0.15) is 0 Å². The molecule has 0 aliphatic heterocycles. The first-order valence-corrected chi connectivity index (χ1v) is 4.19. The lowest BCUT2D eigenvalue weighted by Gasteiger charge is -2.15. The molecule has 0 unspecified atom stereocenters. The highest BCUT2D eigenvalue weighted by molar-refractivity contribution is 5.42. The Hall–Kier alpha value is -1.60. The molecule has 0 bridgehead atoms. The fourth-order valence-electron chi connectivity index (χ4n) is 1.03. The molecular weight excluding hydrogens is 254 g/mol. The maximum absolute atomic E-state index is 11.9. The number of rotatable bonds is 2. The predicted molar refractivity (Wildman–Crippen MR) is 44.5 cm³/mol. The molecule has 1 aromatic carbocycles. The average Bonchev–Trinajstić information content (AvgIpc) is 2.05. The molecule has 0 aliphatic rings. The number of benzene rings is 1. The van der Waals surface area contributed by atoms with E-state index in [1.165, 1.54) is 13.0 Å². The van der Waals surface area contributed by atoms with Crippen molar-refractivity contribution in [1.82, 2.24) is 0 Å². The number of halogens is 6. The smallest absolute Gasteiger partial charge is 0.402 e. The van der Waals surface area contributed by atoms with Crippen LogP contribution in [0.4, 0.5) is 26.3 Å². The summed E-state index contributed by atoms with van der Waals surface area (Å²) in [6.07, 6.45) is -10.2. The Morgan fingerprint density at radius 3 is 1.76 bits per heavy atom. The molecule has 1 rings (SSSR count). The van der Waals surface area contributed by atoms with E-state index in [9.17, 15) is 26.3 Å². The lowest BCUT2D eigenvalue weighted by atomic mass is 10.2. The second-order valence-electron chi connectivity index (χ2n) is 3.05. The van der Waals surface area contributed by atoms with Crippen molar-refractivity contribution >= 4 is 0 Å². The first-order valence-electron chi connectivity index (χ1n) is 4.19. The molecule has 0 aliphatic carbocycles. The molecule has 8 heteroatoms. The molecule has 0 heterocycles. The summed E-state index contributed by atoms with van der Waals surface area (Å²) in [6.45, 7) is 1.40. The average molecular weight is 260 g/mol. The molecular formula is C9H6F6O2. The van der Waals surface area contributed by atoms with Crippen molar-refractivity contribution in [2.45, 2.75) is 19.6 Å². The molecule has 0 amide bonds. The summed E-state index contributed by atoms with van der Waals surface area (Å²) in [5, 5.41) is 0. The normalized spacial score (nSPS) is 12.4. The summed E-state index contributed by atoms with van der Waals surface area (Å²) in [7, 11) is 0. The van der Waals surface area contributed by atoms with Crippen LogP contribution in [0.5, 0.6) is 11.5 Å². The van der Waals surface area contributed by atoms with E-state index in [1.807, 2.05) is 0 Å². The largest absolute Gasteiger partial charge is 0.573 e. The first-order chi connectivity index (χ1) is 7.57. The lowest BCUT2D eigenvalue weighted by Crippen LogP contribution is -2.21. The Morgan fingerprint density at radius 2 is 1.29 bits per heavy atom. The third kappa shape index (κ3) is 4.83. The van der Waals surface area contributed by atoms with Crippen LogP contribution in [0.3, 0.4) is 0 Å². The zero-order valence-corrected chi connectivity index (χ0v) is 8.32. The van der Waals surface area contributed by atoms with Crippen molar-refractivity contribution in [3.63, 3.8) is 0 Å². The van der Waals surface area contributed by atoms with E-state index in [0.29, 0.717) is 5.56 Å². The molecule has 0 atom stereocenters. The SMILES string of the molecule is Cc1ccc(OC(F)(F)F)c(OC(F)(F)F)c1. The quantitative estimate of drug-likeness (QED) is 0.753. The molecule has 0 saturated carbocycles. The summed E-state index contributed by atoms with van der Waals surface area (Å²) in [5.41, 5.74) is 0.304. The standard InChI is InChI=1S/C9H6F6O2/c1-5-2-3-6(16-8(10,11)12)7(4-5)17-9(13,14)15/h2-4H,1H3. The van der Waals surface area contributed by atoms with Gasteiger partial charge in [0.05, 0.1) is 0 Å². The minimum Gasteiger partial charge on any atom is -0.402 e. The molecule has 0 aromatic heterocycles. The van der Waals surface area contributed by atoms with Crippen LogP contribution in [0.1, 0.15) is 5.56 Å². The molecule has 2 nitrogen and oxygen atoms in total. The molecule has 0 fully saturated rings. The summed E-state index contributed by atoms with van der Waals surface area (Å²) in [4.78, 5) is 0. The fourth-order valence-corrected chi connectivity index (χ4v) is 1.03. The van der Waals surface area contributed by atoms with Gasteiger partial charge in [-0.25, -0.2) is 0 Å². The van der Waals surface area contributed by atoms with E-state index < -0.39 is 24.2 Å². The summed E-state index contributed by atoms with van der Waals surface area (Å²) < 4.78 is 78.3. The molecule has 1 aromatic rings. The maximum atomic E-state index is 11.9. The van der Waals surface area contributed by atoms with E-state index in [4.69, 9.17) is 0 Å². The van der Waals surface area contributed by atoms with Gasteiger partial charge in [-0.1, -0.05) is 6.07 Å². The Kier molecular flexibility index (Phi) is 3.44. The highest BCUT2D eigenvalue weighted by Crippen LogP contribution is 2.36. The van der Waals surface area contributed by atoms with Gasteiger partial charge in [0.25, 0.3) is 0 Å². The molecule has 0 spiro atoms. The van der Waals surface area contributed by atoms with Gasteiger partial charge >= 0.3 is 12.7 Å². The van der Waals surface area contributed by atoms with Gasteiger partial charge in [0.1, 0.15) is 0 Å². The van der Waals surface area contributed by atoms with Crippen LogP contribution in [-0.2, 0) is 0 Å². The van der Waals surface area contributed by atoms with Crippen molar-refractivity contribution in [3.05, 3.63) is 23.8 Å². The van der Waals surface area contributed by atoms with Crippen LogP contribution in [0.15, 0.2) is 18.2 Å². The van der Waals surface area contributed by atoms with E-state index >= 15 is 0 Å². The number of hydrogen-bond donors (Lipinski definition) is 0. The van der Waals surface area contributed by atoms with Gasteiger partial charge in [0.15, 0.2) is 11.5 Å². The highest BCUT2D eigenvalue weighted by atomic mass is 19.4. The third-order valence-corrected chi connectivity index (χ3v) is 1.55. The van der Waals surface area contributed by atoms with Gasteiger partial charge in [-0.05, 0) is 24.6 Å². The second-order valence-corrected chi connectivity index (χ2v) is 3.05. The van der Waals surface area contributed by atoms with Crippen LogP contribution >= 0.6 is 0 Å². The monoisotopic (exact) mass is 260 g/mol. The van der Waals surface area contributed by atoms with E-state index in [1.54, 1.807) is 0 Å². The zero-order chi connectivity index (χ0) is 13.3. The maximum Gasteiger partial charge on any atom is 0.573 e. The zero-order valence-electron chi connectivity index (χ0n) is 8.32. The lowest BCUT2D eigenvalue weighted by molar-refractivity contribution is -0.287. The minimum atomic E-state index is -5.09. The van der Waals surface area contributed by atoms with Crippen LogP contribution < -0.4 is 9.47 Å². The topological polar surface area (TPSA) is 18.5 Å². The molecule has 0 radical (unpaired) electrons. The van der Waals surface area contributed by atoms with E-state index in [0.717, 1.165) is 12.1 Å². The molecule has 0 N–H and O–H groups in total. The summed E-state index contributed by atoms with van der Waals surface area (Å²) in [5.74, 6) is -2.07. The third-order valence-electron chi connectivity index (χ3n) is 1.55. The van der Waals surface area contributed by atoms with Crippen molar-refractivity contribution in [2.24, 2.45) is 0 Å². The van der Waals surface area contributed by atoms with Gasteiger partial charge < -0.3 is 9.47 Å². The number of aryl methyl sites for hydroxylation is 1. The van der Waals surface area contributed by atoms with Crippen LogP contribution in [0.2, 0.25) is 0 Å². The second kappa shape index (κ2) is 4.34. The molecule has 96 valence electrons. The Labute approximate surface area is 91.7 Å². The van der Waals surface area contributed by atoms with Crippen molar-refractivity contribution < 1.29 is 35.8 Å². The van der Waals surface area contributed by atoms with Gasteiger partial charge in [-0.15, -0.1) is 26.3 Å². The first kappa shape index (κ1) is 13.5.